The van der Waals surface area contributed by atoms with Gasteiger partial charge in [-0.05, 0) is 24.3 Å². The number of rotatable bonds is 1. The van der Waals surface area contributed by atoms with E-state index in [4.69, 9.17) is 17.3 Å². The van der Waals surface area contributed by atoms with E-state index >= 15 is 0 Å². The van der Waals surface area contributed by atoms with Crippen LogP contribution in [0.15, 0.2) is 54.7 Å². The zero-order chi connectivity index (χ0) is 14.4. The maximum Gasteiger partial charge on any atom is 0.180 e. The van der Waals surface area contributed by atoms with E-state index in [2.05, 4.69) is 9.97 Å². The summed E-state index contributed by atoms with van der Waals surface area (Å²) in [7, 11) is 0. The van der Waals surface area contributed by atoms with Crippen LogP contribution in [0, 0.1) is 0 Å². The van der Waals surface area contributed by atoms with Gasteiger partial charge in [0.05, 0.1) is 22.9 Å². The number of nitrogens with two attached hydrogens (primary N) is 1. The topological polar surface area (TPSA) is 56.2 Å². The molecule has 0 bridgehead atoms. The molecule has 0 atom stereocenters. The molecule has 0 spiro atoms. The summed E-state index contributed by atoms with van der Waals surface area (Å²) in [6.07, 6.45) is 1.80. The van der Waals surface area contributed by atoms with Crippen LogP contribution in [0.5, 0.6) is 0 Å². The summed E-state index contributed by atoms with van der Waals surface area (Å²) in [4.78, 5) is 8.80. The molecule has 2 aromatic heterocycles. The monoisotopic (exact) mass is 294 g/mol. The van der Waals surface area contributed by atoms with Crippen LogP contribution in [0.4, 0.5) is 5.82 Å². The van der Waals surface area contributed by atoms with Crippen molar-refractivity contribution in [1.29, 1.82) is 0 Å². The number of fused-ring (bicyclic) bond motifs is 3. The molecule has 4 rings (SSSR count). The van der Waals surface area contributed by atoms with E-state index in [-0.39, 0.29) is 0 Å². The van der Waals surface area contributed by atoms with Crippen LogP contribution in [0.3, 0.4) is 0 Å². The van der Waals surface area contributed by atoms with E-state index in [0.29, 0.717) is 16.5 Å². The molecule has 0 amide bonds. The number of para-hydroxylation sites is 2. The Labute approximate surface area is 125 Å². The van der Waals surface area contributed by atoms with E-state index in [9.17, 15) is 0 Å². The Hall–Kier alpha value is -2.59. The third kappa shape index (κ3) is 1.84. The molecule has 5 heteroatoms. The van der Waals surface area contributed by atoms with Gasteiger partial charge in [0.25, 0.3) is 0 Å². The summed E-state index contributed by atoms with van der Waals surface area (Å²) in [6.45, 7) is 0. The Bertz CT molecular complexity index is 975. The molecular formula is C16H11ClN4. The Morgan fingerprint density at radius 2 is 1.90 bits per heavy atom. The molecule has 4 aromatic rings. The highest BCUT2D eigenvalue weighted by Crippen LogP contribution is 2.28. The average Bonchev–Trinajstić information content (AvgIpc) is 2.93. The first-order valence-electron chi connectivity index (χ1n) is 6.51. The lowest BCUT2D eigenvalue weighted by atomic mass is 10.1. The van der Waals surface area contributed by atoms with Crippen molar-refractivity contribution < 1.29 is 0 Å². The van der Waals surface area contributed by atoms with E-state index in [1.54, 1.807) is 6.20 Å². The molecule has 21 heavy (non-hydrogen) atoms. The van der Waals surface area contributed by atoms with Crippen LogP contribution in [-0.4, -0.2) is 14.4 Å². The maximum absolute atomic E-state index is 6.10. The number of benzene rings is 2. The summed E-state index contributed by atoms with van der Waals surface area (Å²) in [5.41, 5.74) is 10.4. The molecule has 0 radical (unpaired) electrons. The standard InChI is InChI=1S/C16H11ClN4/c17-11-5-3-4-10(8-11)14-9-19-16-15(18)20-12-6-1-2-7-13(12)21(14)16/h1-9H,(H2,18,20). The fraction of sp³-hybridized carbons (Fsp3) is 0. The van der Waals surface area contributed by atoms with Crippen molar-refractivity contribution in [2.75, 3.05) is 5.73 Å². The van der Waals surface area contributed by atoms with Crippen LogP contribution in [0.25, 0.3) is 27.9 Å². The second-order valence-electron chi connectivity index (χ2n) is 4.80. The average molecular weight is 295 g/mol. The first kappa shape index (κ1) is 12.2. The largest absolute Gasteiger partial charge is 0.381 e. The number of nitrogens with zero attached hydrogens (tertiary/aromatic N) is 3. The highest BCUT2D eigenvalue weighted by atomic mass is 35.5. The number of nitrogen functional groups attached to an aromatic ring is 1. The first-order valence-corrected chi connectivity index (χ1v) is 6.89. The summed E-state index contributed by atoms with van der Waals surface area (Å²) in [5, 5.41) is 0.689. The predicted octanol–water partition coefficient (Wildman–Crippen LogP) is 3.79. The second kappa shape index (κ2) is 4.46. The van der Waals surface area contributed by atoms with E-state index < -0.39 is 0 Å². The number of aromatic nitrogens is 3. The first-order chi connectivity index (χ1) is 10.2. The van der Waals surface area contributed by atoms with Gasteiger partial charge in [0.15, 0.2) is 11.5 Å². The molecule has 0 saturated heterocycles. The SMILES string of the molecule is Nc1nc2ccccc2n2c(-c3cccc(Cl)c3)cnc12. The van der Waals surface area contributed by atoms with E-state index in [0.717, 1.165) is 22.3 Å². The molecule has 0 saturated carbocycles. The van der Waals surface area contributed by atoms with Crippen molar-refractivity contribution in [3.05, 3.63) is 59.8 Å². The lowest BCUT2D eigenvalue weighted by molar-refractivity contribution is 1.22. The van der Waals surface area contributed by atoms with E-state index in [1.165, 1.54) is 0 Å². The van der Waals surface area contributed by atoms with Crippen molar-refractivity contribution in [1.82, 2.24) is 14.4 Å². The van der Waals surface area contributed by atoms with Crippen LogP contribution >= 0.6 is 11.6 Å². The fourth-order valence-electron chi connectivity index (χ4n) is 2.56. The maximum atomic E-state index is 6.10. The molecule has 0 aliphatic rings. The van der Waals surface area contributed by atoms with Crippen molar-refractivity contribution in [2.24, 2.45) is 0 Å². The smallest absolute Gasteiger partial charge is 0.180 e. The quantitative estimate of drug-likeness (QED) is 0.581. The third-order valence-corrected chi connectivity index (χ3v) is 3.71. The molecular weight excluding hydrogens is 284 g/mol. The molecule has 0 aliphatic heterocycles. The Morgan fingerprint density at radius 3 is 2.76 bits per heavy atom. The fourth-order valence-corrected chi connectivity index (χ4v) is 2.75. The molecule has 2 N–H and O–H groups in total. The van der Waals surface area contributed by atoms with Gasteiger partial charge in [-0.1, -0.05) is 35.9 Å². The molecule has 2 heterocycles. The number of anilines is 1. The van der Waals surface area contributed by atoms with Gasteiger partial charge < -0.3 is 5.73 Å². The number of imidazole rings is 1. The Morgan fingerprint density at radius 1 is 1.05 bits per heavy atom. The van der Waals surface area contributed by atoms with Crippen LogP contribution < -0.4 is 5.73 Å². The molecule has 2 aromatic carbocycles. The van der Waals surface area contributed by atoms with Crippen LogP contribution in [0.2, 0.25) is 5.02 Å². The number of halogens is 1. The van der Waals surface area contributed by atoms with Crippen LogP contribution in [-0.2, 0) is 0 Å². The van der Waals surface area contributed by atoms with Gasteiger partial charge in [-0.2, -0.15) is 0 Å². The highest BCUT2D eigenvalue weighted by Gasteiger charge is 2.12. The molecule has 102 valence electrons. The van der Waals surface area contributed by atoms with Crippen molar-refractivity contribution >= 4 is 34.1 Å². The normalized spacial score (nSPS) is 11.3. The minimum absolute atomic E-state index is 0.418. The van der Waals surface area contributed by atoms with Gasteiger partial charge in [-0.25, -0.2) is 9.97 Å². The van der Waals surface area contributed by atoms with Gasteiger partial charge in [-0.15, -0.1) is 0 Å². The second-order valence-corrected chi connectivity index (χ2v) is 5.23. The summed E-state index contributed by atoms with van der Waals surface area (Å²) in [5.74, 6) is 0.418. The Kier molecular flexibility index (Phi) is 2.59. The van der Waals surface area contributed by atoms with Crippen molar-refractivity contribution in [2.45, 2.75) is 0 Å². The summed E-state index contributed by atoms with van der Waals surface area (Å²) in [6, 6.07) is 15.5. The van der Waals surface area contributed by atoms with E-state index in [1.807, 2.05) is 52.9 Å². The molecule has 0 unspecified atom stereocenters. The van der Waals surface area contributed by atoms with Crippen LogP contribution in [0.1, 0.15) is 0 Å². The number of hydrogen-bond donors (Lipinski definition) is 1. The molecule has 4 nitrogen and oxygen atoms in total. The minimum Gasteiger partial charge on any atom is -0.381 e. The van der Waals surface area contributed by atoms with Crippen molar-refractivity contribution in [3.8, 4) is 11.3 Å². The predicted molar refractivity (Wildman–Crippen MR) is 85.4 cm³/mol. The van der Waals surface area contributed by atoms with Crippen molar-refractivity contribution in [3.63, 3.8) is 0 Å². The van der Waals surface area contributed by atoms with Gasteiger partial charge in [0, 0.05) is 10.6 Å². The minimum atomic E-state index is 0.418. The molecule has 0 fully saturated rings. The highest BCUT2D eigenvalue weighted by molar-refractivity contribution is 6.30. The van der Waals surface area contributed by atoms with Gasteiger partial charge in [0.1, 0.15) is 0 Å². The summed E-state index contributed by atoms with van der Waals surface area (Å²) < 4.78 is 2.02. The lowest BCUT2D eigenvalue weighted by Gasteiger charge is -2.08. The molecule has 0 aliphatic carbocycles. The third-order valence-electron chi connectivity index (χ3n) is 3.47. The number of hydrogen-bond acceptors (Lipinski definition) is 3. The lowest BCUT2D eigenvalue weighted by Crippen LogP contribution is -1.99. The summed E-state index contributed by atoms with van der Waals surface area (Å²) >= 11 is 6.10. The Balaban J connectivity index is 2.16. The van der Waals surface area contributed by atoms with Gasteiger partial charge in [0.2, 0.25) is 0 Å². The zero-order valence-electron chi connectivity index (χ0n) is 11.0. The zero-order valence-corrected chi connectivity index (χ0v) is 11.7. The van der Waals surface area contributed by atoms with Gasteiger partial charge >= 0.3 is 0 Å². The van der Waals surface area contributed by atoms with Gasteiger partial charge in [-0.3, -0.25) is 4.40 Å².